The summed E-state index contributed by atoms with van der Waals surface area (Å²) < 4.78 is 13.8. The third kappa shape index (κ3) is 3.06. The summed E-state index contributed by atoms with van der Waals surface area (Å²) in [7, 11) is 0. The van der Waals surface area contributed by atoms with Gasteiger partial charge in [0, 0.05) is 30.1 Å². The lowest BCUT2D eigenvalue weighted by Crippen LogP contribution is -2.29. The minimum atomic E-state index is -0.482. The van der Waals surface area contributed by atoms with E-state index < -0.39 is 5.82 Å². The molecule has 1 amide bonds. The van der Waals surface area contributed by atoms with Gasteiger partial charge in [-0.25, -0.2) is 19.3 Å². The van der Waals surface area contributed by atoms with Crippen molar-refractivity contribution in [3.63, 3.8) is 0 Å². The molecule has 7 nitrogen and oxygen atoms in total. The summed E-state index contributed by atoms with van der Waals surface area (Å²) in [5.74, 6) is 0.121. The second kappa shape index (κ2) is 6.31. The molecule has 4 rings (SSSR count). The van der Waals surface area contributed by atoms with E-state index in [0.29, 0.717) is 22.9 Å². The van der Waals surface area contributed by atoms with Crippen LogP contribution in [-0.2, 0) is 4.79 Å². The van der Waals surface area contributed by atoms with Gasteiger partial charge in [-0.1, -0.05) is 0 Å². The van der Waals surface area contributed by atoms with Crippen molar-refractivity contribution in [1.29, 1.82) is 0 Å². The van der Waals surface area contributed by atoms with E-state index in [9.17, 15) is 9.18 Å². The van der Waals surface area contributed by atoms with Crippen LogP contribution in [0.3, 0.4) is 0 Å². The molecular weight excluding hydrogens is 323 g/mol. The first-order chi connectivity index (χ1) is 12.2. The molecule has 8 heteroatoms. The number of carbonyl (C=O) groups is 1. The van der Waals surface area contributed by atoms with Crippen molar-refractivity contribution in [2.75, 3.05) is 4.90 Å². The summed E-state index contributed by atoms with van der Waals surface area (Å²) in [4.78, 5) is 34.5. The van der Waals surface area contributed by atoms with E-state index in [1.54, 1.807) is 0 Å². The lowest BCUT2D eigenvalue weighted by molar-refractivity contribution is -0.119. The first kappa shape index (κ1) is 15.3. The quantitative estimate of drug-likeness (QED) is 0.728. The fourth-order valence-electron chi connectivity index (χ4n) is 2.42. The molecule has 0 bridgehead atoms. The summed E-state index contributed by atoms with van der Waals surface area (Å²) in [5, 5.41) is 0. The molecule has 0 spiro atoms. The highest BCUT2D eigenvalue weighted by Gasteiger charge is 2.36. The van der Waals surface area contributed by atoms with Crippen LogP contribution in [0.2, 0.25) is 0 Å². The number of amides is 1. The highest BCUT2D eigenvalue weighted by atomic mass is 19.1. The summed E-state index contributed by atoms with van der Waals surface area (Å²) in [6.07, 6.45) is 11.7. The van der Waals surface area contributed by atoms with Gasteiger partial charge in [0.15, 0.2) is 17.5 Å². The maximum Gasteiger partial charge on any atom is 0.237 e. The molecule has 0 unspecified atom stereocenters. The molecule has 3 aromatic heterocycles. The van der Waals surface area contributed by atoms with Crippen molar-refractivity contribution in [2.24, 2.45) is 5.92 Å². The number of hydrogen-bond donors (Lipinski definition) is 0. The van der Waals surface area contributed by atoms with Crippen LogP contribution in [0, 0.1) is 11.7 Å². The number of hydrogen-bond acceptors (Lipinski definition) is 6. The number of halogens is 1. The van der Waals surface area contributed by atoms with E-state index >= 15 is 0 Å². The molecule has 0 saturated heterocycles. The maximum atomic E-state index is 13.8. The molecule has 3 aromatic rings. The monoisotopic (exact) mass is 336 g/mol. The van der Waals surface area contributed by atoms with E-state index in [1.807, 2.05) is 0 Å². The molecule has 3 heterocycles. The smallest absolute Gasteiger partial charge is 0.237 e. The van der Waals surface area contributed by atoms with Gasteiger partial charge in [-0.15, -0.1) is 0 Å². The number of anilines is 2. The Hall–Kier alpha value is -3.29. The SMILES string of the molecule is O=C(C1CC1)N(c1cnccn1)c1cnc(-c2ccncc2F)cn1. The van der Waals surface area contributed by atoms with Crippen molar-refractivity contribution in [3.8, 4) is 11.3 Å². The largest absolute Gasteiger partial charge is 0.274 e. The normalized spacial score (nSPS) is 13.5. The first-order valence-corrected chi connectivity index (χ1v) is 7.76. The van der Waals surface area contributed by atoms with E-state index in [0.717, 1.165) is 19.0 Å². The van der Waals surface area contributed by atoms with Crippen LogP contribution in [0.4, 0.5) is 16.0 Å². The molecule has 1 aliphatic rings. The summed E-state index contributed by atoms with van der Waals surface area (Å²) in [6.45, 7) is 0. The zero-order valence-corrected chi connectivity index (χ0v) is 13.1. The number of carbonyl (C=O) groups excluding carboxylic acids is 1. The Bertz CT molecular complexity index is 899. The van der Waals surface area contributed by atoms with E-state index in [2.05, 4.69) is 24.9 Å². The molecule has 1 saturated carbocycles. The second-order valence-corrected chi connectivity index (χ2v) is 5.63. The van der Waals surface area contributed by atoms with Crippen molar-refractivity contribution >= 4 is 17.5 Å². The van der Waals surface area contributed by atoms with Gasteiger partial charge in [0.2, 0.25) is 5.91 Å². The molecule has 0 atom stereocenters. The third-order valence-corrected chi connectivity index (χ3v) is 3.84. The molecule has 124 valence electrons. The number of rotatable bonds is 4. The Balaban J connectivity index is 1.71. The maximum absolute atomic E-state index is 13.8. The summed E-state index contributed by atoms with van der Waals surface area (Å²) in [5.41, 5.74) is 0.662. The summed E-state index contributed by atoms with van der Waals surface area (Å²) >= 11 is 0. The minimum Gasteiger partial charge on any atom is -0.274 e. The van der Waals surface area contributed by atoms with Gasteiger partial charge in [-0.3, -0.25) is 19.7 Å². The number of aromatic nitrogens is 5. The molecule has 0 radical (unpaired) electrons. The van der Waals surface area contributed by atoms with Gasteiger partial charge in [-0.2, -0.15) is 0 Å². The van der Waals surface area contributed by atoms with Gasteiger partial charge in [0.05, 0.1) is 30.5 Å². The zero-order chi connectivity index (χ0) is 17.2. The average molecular weight is 336 g/mol. The van der Waals surface area contributed by atoms with Crippen LogP contribution in [-0.4, -0.2) is 30.8 Å². The molecule has 25 heavy (non-hydrogen) atoms. The summed E-state index contributed by atoms with van der Waals surface area (Å²) in [6, 6.07) is 1.52. The Morgan fingerprint density at radius 3 is 2.40 bits per heavy atom. The fraction of sp³-hybridized carbons (Fsp3) is 0.176. The standard InChI is InChI=1S/C17H13FN6O/c18-13-7-19-4-3-12(13)14-8-23-16(10-22-14)24(17(25)11-1-2-11)15-9-20-5-6-21-15/h3-11H,1-2H2. The van der Waals surface area contributed by atoms with Gasteiger partial charge < -0.3 is 0 Å². The predicted octanol–water partition coefficient (Wildman–Crippen LogP) is 2.54. The Kier molecular flexibility index (Phi) is 3.85. The van der Waals surface area contributed by atoms with Gasteiger partial charge in [0.25, 0.3) is 0 Å². The van der Waals surface area contributed by atoms with Crippen LogP contribution in [0.5, 0.6) is 0 Å². The molecule has 1 aliphatic carbocycles. The van der Waals surface area contributed by atoms with Crippen molar-refractivity contribution < 1.29 is 9.18 Å². The molecule has 0 aliphatic heterocycles. The highest BCUT2D eigenvalue weighted by molar-refractivity contribution is 6.01. The topological polar surface area (TPSA) is 84.8 Å². The average Bonchev–Trinajstić information content (AvgIpc) is 3.49. The molecule has 1 fully saturated rings. The molecule has 0 aromatic carbocycles. The van der Waals surface area contributed by atoms with Gasteiger partial charge >= 0.3 is 0 Å². The number of nitrogens with zero attached hydrogens (tertiary/aromatic N) is 6. The van der Waals surface area contributed by atoms with Crippen LogP contribution in [0.25, 0.3) is 11.3 Å². The third-order valence-electron chi connectivity index (χ3n) is 3.84. The van der Waals surface area contributed by atoms with Crippen molar-refractivity contribution in [3.05, 3.63) is 55.3 Å². The Labute approximate surface area is 142 Å². The van der Waals surface area contributed by atoms with Gasteiger partial charge in [0.1, 0.15) is 0 Å². The molecular formula is C17H13FN6O. The van der Waals surface area contributed by atoms with Crippen molar-refractivity contribution in [1.82, 2.24) is 24.9 Å². The Morgan fingerprint density at radius 2 is 1.76 bits per heavy atom. The van der Waals surface area contributed by atoms with E-state index in [4.69, 9.17) is 0 Å². The van der Waals surface area contributed by atoms with Crippen LogP contribution >= 0.6 is 0 Å². The van der Waals surface area contributed by atoms with Crippen molar-refractivity contribution in [2.45, 2.75) is 12.8 Å². The van der Waals surface area contributed by atoms with Crippen LogP contribution < -0.4 is 4.90 Å². The van der Waals surface area contributed by atoms with Gasteiger partial charge in [-0.05, 0) is 18.9 Å². The predicted molar refractivity (Wildman–Crippen MR) is 87.1 cm³/mol. The van der Waals surface area contributed by atoms with E-state index in [1.165, 1.54) is 48.1 Å². The lowest BCUT2D eigenvalue weighted by atomic mass is 10.2. The molecule has 0 N–H and O–H groups in total. The lowest BCUT2D eigenvalue weighted by Gasteiger charge is -2.20. The minimum absolute atomic E-state index is 0.0267. The van der Waals surface area contributed by atoms with Crippen LogP contribution in [0.15, 0.2) is 49.4 Å². The first-order valence-electron chi connectivity index (χ1n) is 7.76. The Morgan fingerprint density at radius 1 is 0.960 bits per heavy atom. The second-order valence-electron chi connectivity index (χ2n) is 5.63. The zero-order valence-electron chi connectivity index (χ0n) is 13.1. The van der Waals surface area contributed by atoms with E-state index in [-0.39, 0.29) is 11.8 Å². The fourth-order valence-corrected chi connectivity index (χ4v) is 2.42. The number of pyridine rings is 1. The van der Waals surface area contributed by atoms with Crippen LogP contribution in [0.1, 0.15) is 12.8 Å². The highest BCUT2D eigenvalue weighted by Crippen LogP contribution is 2.35.